The highest BCUT2D eigenvalue weighted by Crippen LogP contribution is 2.25. The topological polar surface area (TPSA) is 60.9 Å². The molecule has 118 valence electrons. The third-order valence-electron chi connectivity index (χ3n) is 3.41. The van der Waals surface area contributed by atoms with E-state index < -0.39 is 0 Å². The van der Waals surface area contributed by atoms with Gasteiger partial charge in [0.05, 0.1) is 11.7 Å². The van der Waals surface area contributed by atoms with Crippen molar-refractivity contribution < 1.29 is 4.79 Å². The molecule has 1 amide bonds. The van der Waals surface area contributed by atoms with Crippen molar-refractivity contribution in [2.24, 2.45) is 5.73 Å². The molecule has 1 aromatic carbocycles. The lowest BCUT2D eigenvalue weighted by molar-refractivity contribution is 0.267. The molecule has 1 unspecified atom stereocenters. The Morgan fingerprint density at radius 2 is 2.27 bits per heavy atom. The lowest BCUT2D eigenvalue weighted by Crippen LogP contribution is -2.15. The van der Waals surface area contributed by atoms with Gasteiger partial charge in [0.25, 0.3) is 5.24 Å². The van der Waals surface area contributed by atoms with Gasteiger partial charge in [-0.05, 0) is 24.6 Å². The number of rotatable bonds is 7. The summed E-state index contributed by atoms with van der Waals surface area (Å²) in [5, 5.41) is 4.35. The minimum atomic E-state index is -0.333. The van der Waals surface area contributed by atoms with E-state index in [1.807, 2.05) is 41.2 Å². The molecule has 0 bridgehead atoms. The van der Waals surface area contributed by atoms with Gasteiger partial charge < -0.3 is 5.73 Å². The Morgan fingerprint density at radius 3 is 2.95 bits per heavy atom. The Hall–Kier alpha value is -1.27. The van der Waals surface area contributed by atoms with Crippen molar-refractivity contribution in [3.63, 3.8) is 0 Å². The van der Waals surface area contributed by atoms with Gasteiger partial charge >= 0.3 is 0 Å². The molecule has 2 N–H and O–H groups in total. The molecule has 0 saturated carbocycles. The summed E-state index contributed by atoms with van der Waals surface area (Å²) in [4.78, 5) is 11.0. The van der Waals surface area contributed by atoms with Crippen molar-refractivity contribution in [3.8, 4) is 11.3 Å². The van der Waals surface area contributed by atoms with Gasteiger partial charge in [0.15, 0.2) is 0 Å². The normalized spacial score (nSPS) is 12.3. The average molecular weight is 382 g/mol. The molecule has 0 aliphatic heterocycles. The molecule has 22 heavy (non-hydrogen) atoms. The molecule has 1 heterocycles. The quantitative estimate of drug-likeness (QED) is 0.744. The summed E-state index contributed by atoms with van der Waals surface area (Å²) in [6.45, 7) is 2.16. The second-order valence-electron chi connectivity index (χ2n) is 5.12. The molecule has 2 rings (SSSR count). The number of benzene rings is 1. The first kappa shape index (κ1) is 17.1. The number of unbranched alkanes of at least 4 members (excludes halogenated alkanes) is 1. The van der Waals surface area contributed by atoms with Crippen molar-refractivity contribution in [1.29, 1.82) is 0 Å². The van der Waals surface area contributed by atoms with Crippen molar-refractivity contribution in [1.82, 2.24) is 9.78 Å². The number of nitrogens with zero attached hydrogens (tertiary/aromatic N) is 2. The molecular weight excluding hydrogens is 362 g/mol. The minimum absolute atomic E-state index is 0.193. The zero-order valence-electron chi connectivity index (χ0n) is 12.5. The van der Waals surface area contributed by atoms with E-state index in [4.69, 9.17) is 5.73 Å². The molecule has 1 atom stereocenters. The van der Waals surface area contributed by atoms with Crippen LogP contribution in [0.15, 0.2) is 41.0 Å². The van der Waals surface area contributed by atoms with E-state index in [1.54, 1.807) is 0 Å². The molecule has 2 aromatic rings. The van der Waals surface area contributed by atoms with Crippen LogP contribution in [0.4, 0.5) is 4.79 Å². The number of hydrogen-bond acceptors (Lipinski definition) is 3. The van der Waals surface area contributed by atoms with E-state index >= 15 is 0 Å². The van der Waals surface area contributed by atoms with Crippen LogP contribution in [0.25, 0.3) is 11.3 Å². The Morgan fingerprint density at radius 1 is 1.45 bits per heavy atom. The molecule has 1 aromatic heterocycles. The van der Waals surface area contributed by atoms with Crippen LogP contribution in [0.2, 0.25) is 0 Å². The summed E-state index contributed by atoms with van der Waals surface area (Å²) in [5.74, 6) is 0.662. The Kier molecular flexibility index (Phi) is 6.51. The first-order valence-electron chi connectivity index (χ1n) is 7.33. The highest BCUT2D eigenvalue weighted by molar-refractivity contribution is 9.10. The van der Waals surface area contributed by atoms with Crippen LogP contribution >= 0.6 is 27.7 Å². The van der Waals surface area contributed by atoms with Crippen LogP contribution in [-0.4, -0.2) is 20.8 Å². The minimum Gasteiger partial charge on any atom is -0.361 e. The fourth-order valence-corrected chi connectivity index (χ4v) is 3.33. The second kappa shape index (κ2) is 8.39. The third kappa shape index (κ3) is 4.88. The summed E-state index contributed by atoms with van der Waals surface area (Å²) < 4.78 is 2.99. The van der Waals surface area contributed by atoms with Crippen LogP contribution in [0.1, 0.15) is 32.2 Å². The van der Waals surface area contributed by atoms with Crippen LogP contribution in [0.3, 0.4) is 0 Å². The Balaban J connectivity index is 2.16. The first-order valence-corrected chi connectivity index (χ1v) is 9.11. The number of hydrogen-bond donors (Lipinski definition) is 1. The maximum atomic E-state index is 11.0. The number of thioether (sulfide) groups is 1. The van der Waals surface area contributed by atoms with Crippen molar-refractivity contribution >= 4 is 32.9 Å². The van der Waals surface area contributed by atoms with Crippen LogP contribution < -0.4 is 5.73 Å². The molecule has 0 spiro atoms. The van der Waals surface area contributed by atoms with E-state index in [0.29, 0.717) is 5.75 Å². The third-order valence-corrected chi connectivity index (χ3v) is 4.74. The summed E-state index contributed by atoms with van der Waals surface area (Å²) in [6, 6.07) is 10.3. The van der Waals surface area contributed by atoms with Gasteiger partial charge in [-0.2, -0.15) is 5.10 Å². The number of nitrogens with two attached hydrogens (primary N) is 1. The Bertz CT molecular complexity index is 629. The molecule has 0 radical (unpaired) electrons. The van der Waals surface area contributed by atoms with Crippen LogP contribution in [0, 0.1) is 0 Å². The number of primary amides is 1. The van der Waals surface area contributed by atoms with Gasteiger partial charge in [0, 0.05) is 22.0 Å². The molecule has 0 fully saturated rings. The maximum Gasteiger partial charge on any atom is 0.276 e. The average Bonchev–Trinajstić information content (AvgIpc) is 2.97. The van der Waals surface area contributed by atoms with Gasteiger partial charge in [0.2, 0.25) is 0 Å². The largest absolute Gasteiger partial charge is 0.361 e. The predicted octanol–water partition coefficient (Wildman–Crippen LogP) is 4.86. The standard InChI is InChI=1S/C16H20BrN3OS/c1-2-3-7-14(11-22-16(18)21)20-9-8-15(19-20)12-5-4-6-13(17)10-12/h4-6,8-10,14H,2-3,7,11H2,1H3,(H2,18,21). The van der Waals surface area contributed by atoms with Gasteiger partial charge in [-0.3, -0.25) is 9.48 Å². The predicted molar refractivity (Wildman–Crippen MR) is 96.0 cm³/mol. The fourth-order valence-electron chi connectivity index (χ4n) is 2.25. The number of carbonyl (C=O) groups is 1. The lowest BCUT2D eigenvalue weighted by Gasteiger charge is -2.16. The van der Waals surface area contributed by atoms with Gasteiger partial charge in [-0.15, -0.1) is 0 Å². The molecule has 6 heteroatoms. The summed E-state index contributed by atoms with van der Waals surface area (Å²) in [6.07, 6.45) is 5.21. The van der Waals surface area contributed by atoms with E-state index in [9.17, 15) is 4.79 Å². The van der Waals surface area contributed by atoms with E-state index in [1.165, 1.54) is 0 Å². The van der Waals surface area contributed by atoms with Crippen LogP contribution in [0.5, 0.6) is 0 Å². The highest BCUT2D eigenvalue weighted by atomic mass is 79.9. The second-order valence-corrected chi connectivity index (χ2v) is 7.06. The SMILES string of the molecule is CCCCC(CSC(N)=O)n1ccc(-c2cccc(Br)c2)n1. The highest BCUT2D eigenvalue weighted by Gasteiger charge is 2.14. The molecule has 4 nitrogen and oxygen atoms in total. The van der Waals surface area contributed by atoms with Crippen molar-refractivity contribution in [2.45, 2.75) is 32.2 Å². The van der Waals surface area contributed by atoms with Crippen molar-refractivity contribution in [3.05, 3.63) is 41.0 Å². The number of aromatic nitrogens is 2. The Labute approximate surface area is 143 Å². The van der Waals surface area contributed by atoms with Gasteiger partial charge in [-0.1, -0.05) is 59.6 Å². The molecular formula is C16H20BrN3OS. The summed E-state index contributed by atoms with van der Waals surface area (Å²) in [5.41, 5.74) is 7.26. The lowest BCUT2D eigenvalue weighted by atomic mass is 10.1. The smallest absolute Gasteiger partial charge is 0.276 e. The first-order chi connectivity index (χ1) is 10.6. The van der Waals surface area contributed by atoms with Crippen molar-refractivity contribution in [2.75, 3.05) is 5.75 Å². The molecule has 0 saturated heterocycles. The van der Waals surface area contributed by atoms with Crippen LogP contribution in [-0.2, 0) is 0 Å². The number of carbonyl (C=O) groups excluding carboxylic acids is 1. The molecule has 0 aliphatic rings. The monoisotopic (exact) mass is 381 g/mol. The fraction of sp³-hybridized carbons (Fsp3) is 0.375. The zero-order valence-corrected chi connectivity index (χ0v) is 14.9. The van der Waals surface area contributed by atoms with E-state index in [0.717, 1.165) is 46.8 Å². The molecule has 0 aliphatic carbocycles. The maximum absolute atomic E-state index is 11.0. The zero-order chi connectivity index (χ0) is 15.9. The van der Waals surface area contributed by atoms with Gasteiger partial charge in [-0.25, -0.2) is 0 Å². The summed E-state index contributed by atoms with van der Waals surface area (Å²) in [7, 11) is 0. The van der Waals surface area contributed by atoms with E-state index in [2.05, 4.69) is 28.0 Å². The number of halogens is 1. The van der Waals surface area contributed by atoms with Gasteiger partial charge in [0.1, 0.15) is 0 Å². The summed E-state index contributed by atoms with van der Waals surface area (Å²) >= 11 is 4.64. The van der Waals surface area contributed by atoms with E-state index in [-0.39, 0.29) is 11.3 Å². The number of amides is 1.